The summed E-state index contributed by atoms with van der Waals surface area (Å²) in [5.41, 5.74) is 4.64. The van der Waals surface area contributed by atoms with Gasteiger partial charge in [-0.3, -0.25) is 0 Å². The highest BCUT2D eigenvalue weighted by molar-refractivity contribution is 7.63. The normalized spacial score (nSPS) is 15.5. The van der Waals surface area contributed by atoms with Crippen molar-refractivity contribution < 1.29 is 17.7 Å². The molecule has 0 heterocycles. The van der Waals surface area contributed by atoms with Gasteiger partial charge in [-0.05, 0) is 13.3 Å². The molecule has 0 bridgehead atoms. The molecule has 0 aromatic rings. The minimum atomic E-state index is -4.54. The molecule has 0 aromatic carbocycles. The lowest BCUT2D eigenvalue weighted by Crippen LogP contribution is -2.36. The molecule has 0 spiro atoms. The minimum absolute atomic E-state index is 0. The zero-order valence-corrected chi connectivity index (χ0v) is 7.76. The third kappa shape index (κ3) is 4.67. The van der Waals surface area contributed by atoms with E-state index in [4.69, 9.17) is 0 Å². The largest absolute Gasteiger partial charge is 0.410 e. The number of hydrogen-bond donors (Lipinski definition) is 1. The third-order valence-electron chi connectivity index (χ3n) is 1.01. The van der Waals surface area contributed by atoms with Crippen LogP contribution in [0.5, 0.6) is 0 Å². The molecule has 0 fully saturated rings. The first-order valence-electron chi connectivity index (χ1n) is 2.52. The first-order valence-corrected chi connectivity index (χ1v) is 5.19. The van der Waals surface area contributed by atoms with Gasteiger partial charge in [0.2, 0.25) is 0 Å². The molecule has 0 saturated carbocycles. The fraction of sp³-hybridized carbons (Fsp3) is 1.00. The summed E-state index contributed by atoms with van der Waals surface area (Å²) in [6.45, 7) is 2.04. The number of halogens is 4. The highest BCUT2D eigenvalue weighted by Gasteiger charge is 2.43. The summed E-state index contributed by atoms with van der Waals surface area (Å²) >= 11 is 0. The number of hydrogen-bond acceptors (Lipinski definition) is 2. The van der Waals surface area contributed by atoms with Crippen molar-refractivity contribution in [3.8, 4) is 0 Å². The summed E-state index contributed by atoms with van der Waals surface area (Å²) in [6, 6.07) is 0. The fourth-order valence-electron chi connectivity index (χ4n) is 0.353. The van der Waals surface area contributed by atoms with Crippen molar-refractivity contribution in [1.29, 1.82) is 0 Å². The maximum absolute atomic E-state index is 11.6. The van der Waals surface area contributed by atoms with Gasteiger partial charge in [0.05, 0.1) is 0 Å². The SMILES string of the molecule is CP(C)(=O)C(N)C(F)(F)F.Cl. The molecule has 0 aliphatic heterocycles. The maximum Gasteiger partial charge on any atom is 0.410 e. The molecule has 0 aliphatic carbocycles. The molecule has 0 saturated heterocycles. The van der Waals surface area contributed by atoms with Crippen LogP contribution in [0.15, 0.2) is 0 Å². The first kappa shape index (κ1) is 13.8. The first-order chi connectivity index (χ1) is 4.15. The molecule has 0 rings (SSSR count). The highest BCUT2D eigenvalue weighted by Crippen LogP contribution is 2.46. The van der Waals surface area contributed by atoms with E-state index in [0.717, 1.165) is 13.3 Å². The van der Waals surface area contributed by atoms with Crippen molar-refractivity contribution in [2.75, 3.05) is 13.3 Å². The number of rotatable bonds is 1. The predicted molar refractivity (Wildman–Crippen MR) is 40.7 cm³/mol. The molecule has 2 nitrogen and oxygen atoms in total. The molecule has 11 heavy (non-hydrogen) atoms. The fourth-order valence-corrected chi connectivity index (χ4v) is 1.06. The van der Waals surface area contributed by atoms with Crippen LogP contribution in [0.25, 0.3) is 0 Å². The van der Waals surface area contributed by atoms with Crippen LogP contribution < -0.4 is 5.73 Å². The molecule has 0 aromatic heterocycles. The lowest BCUT2D eigenvalue weighted by Gasteiger charge is -2.18. The zero-order chi connectivity index (χ0) is 8.58. The van der Waals surface area contributed by atoms with Crippen molar-refractivity contribution in [1.82, 2.24) is 0 Å². The Labute approximate surface area is 69.1 Å². The van der Waals surface area contributed by atoms with Gasteiger partial charge in [0.15, 0.2) is 5.78 Å². The van der Waals surface area contributed by atoms with E-state index >= 15 is 0 Å². The summed E-state index contributed by atoms with van der Waals surface area (Å²) in [5.74, 6) is -2.18. The maximum atomic E-state index is 11.6. The molecule has 1 atom stereocenters. The average molecular weight is 212 g/mol. The molecule has 70 valence electrons. The molecule has 1 unspecified atom stereocenters. The molecule has 2 N–H and O–H groups in total. The Morgan fingerprint density at radius 2 is 1.64 bits per heavy atom. The second kappa shape index (κ2) is 3.78. The molecular formula is C4H10ClF3NOP. The predicted octanol–water partition coefficient (Wildman–Crippen LogP) is 1.88. The Kier molecular flexibility index (Phi) is 4.76. The Bertz CT molecular complexity index is 165. The summed E-state index contributed by atoms with van der Waals surface area (Å²) in [5, 5.41) is 0. The van der Waals surface area contributed by atoms with E-state index in [1.807, 2.05) is 0 Å². The van der Waals surface area contributed by atoms with Crippen molar-refractivity contribution in [2.24, 2.45) is 5.73 Å². The Morgan fingerprint density at radius 1 is 1.36 bits per heavy atom. The lowest BCUT2D eigenvalue weighted by atomic mass is 10.7. The smallest absolute Gasteiger partial charge is 0.322 e. The average Bonchev–Trinajstić information content (AvgIpc) is 1.59. The molecule has 7 heteroatoms. The van der Waals surface area contributed by atoms with Crippen LogP contribution in [0.1, 0.15) is 0 Å². The van der Waals surface area contributed by atoms with Crippen LogP contribution in [0, 0.1) is 0 Å². The minimum Gasteiger partial charge on any atom is -0.322 e. The Balaban J connectivity index is 0. The summed E-state index contributed by atoms with van der Waals surface area (Å²) in [6.07, 6.45) is -4.54. The molecular weight excluding hydrogens is 201 g/mol. The van der Waals surface area contributed by atoms with Crippen LogP contribution in [-0.2, 0) is 4.57 Å². The highest BCUT2D eigenvalue weighted by atomic mass is 35.5. The summed E-state index contributed by atoms with van der Waals surface area (Å²) in [4.78, 5) is 0. The second-order valence-corrected chi connectivity index (χ2v) is 5.85. The number of nitrogens with two attached hydrogens (primary N) is 1. The summed E-state index contributed by atoms with van der Waals surface area (Å²) < 4.78 is 45.7. The van der Waals surface area contributed by atoms with Crippen molar-refractivity contribution in [3.05, 3.63) is 0 Å². The van der Waals surface area contributed by atoms with Crippen molar-refractivity contribution >= 4 is 19.5 Å². The van der Waals surface area contributed by atoms with E-state index in [9.17, 15) is 17.7 Å². The van der Waals surface area contributed by atoms with Crippen LogP contribution >= 0.6 is 19.5 Å². The van der Waals surface area contributed by atoms with E-state index in [2.05, 4.69) is 5.73 Å². The van der Waals surface area contributed by atoms with Gasteiger partial charge in [0, 0.05) is 0 Å². The topological polar surface area (TPSA) is 43.1 Å². The second-order valence-electron chi connectivity index (χ2n) is 2.42. The van der Waals surface area contributed by atoms with Crippen LogP contribution in [0.3, 0.4) is 0 Å². The van der Waals surface area contributed by atoms with E-state index in [1.165, 1.54) is 0 Å². The third-order valence-corrected chi connectivity index (χ3v) is 2.64. The van der Waals surface area contributed by atoms with E-state index < -0.39 is 19.1 Å². The van der Waals surface area contributed by atoms with E-state index in [-0.39, 0.29) is 12.4 Å². The van der Waals surface area contributed by atoms with Gasteiger partial charge in [-0.15, -0.1) is 12.4 Å². The van der Waals surface area contributed by atoms with E-state index in [0.29, 0.717) is 0 Å². The number of alkyl halides is 3. The van der Waals surface area contributed by atoms with Gasteiger partial charge in [-0.1, -0.05) is 0 Å². The molecule has 0 aliphatic rings. The van der Waals surface area contributed by atoms with Crippen LogP contribution in [0.2, 0.25) is 0 Å². The standard InChI is InChI=1S/C4H9F3NOP.ClH/c1-10(2,9)3(8)4(5,6)7;/h3H,8H2,1-2H3;1H. The van der Waals surface area contributed by atoms with Gasteiger partial charge < -0.3 is 10.3 Å². The quantitative estimate of drug-likeness (QED) is 0.673. The molecule has 0 radical (unpaired) electrons. The van der Waals surface area contributed by atoms with Gasteiger partial charge in [-0.2, -0.15) is 13.2 Å². The Hall–Kier alpha value is 0.270. The van der Waals surface area contributed by atoms with Gasteiger partial charge >= 0.3 is 6.18 Å². The van der Waals surface area contributed by atoms with Gasteiger partial charge in [0.1, 0.15) is 7.14 Å². The Morgan fingerprint density at radius 3 is 1.64 bits per heavy atom. The molecule has 0 amide bonds. The lowest BCUT2D eigenvalue weighted by molar-refractivity contribution is -0.129. The van der Waals surface area contributed by atoms with Crippen LogP contribution in [0.4, 0.5) is 13.2 Å². The van der Waals surface area contributed by atoms with Crippen molar-refractivity contribution in [3.63, 3.8) is 0 Å². The summed E-state index contributed by atoms with van der Waals surface area (Å²) in [7, 11) is -3.23. The zero-order valence-electron chi connectivity index (χ0n) is 6.05. The van der Waals surface area contributed by atoms with Gasteiger partial charge in [-0.25, -0.2) is 0 Å². The van der Waals surface area contributed by atoms with Crippen LogP contribution in [-0.4, -0.2) is 25.3 Å². The van der Waals surface area contributed by atoms with E-state index in [1.54, 1.807) is 0 Å². The van der Waals surface area contributed by atoms with Crippen molar-refractivity contribution in [2.45, 2.75) is 12.0 Å². The van der Waals surface area contributed by atoms with Gasteiger partial charge in [0.25, 0.3) is 0 Å². The monoisotopic (exact) mass is 211 g/mol.